The first-order valence-corrected chi connectivity index (χ1v) is 6.35. The van der Waals surface area contributed by atoms with Crippen LogP contribution < -0.4 is 11.1 Å². The molecular formula is C11H9ClN4O2S. The molecule has 0 radical (unpaired) electrons. The summed E-state index contributed by atoms with van der Waals surface area (Å²) in [5.74, 6) is -0.344. The van der Waals surface area contributed by atoms with Gasteiger partial charge < -0.3 is 16.3 Å². The maximum atomic E-state index is 11.8. The maximum Gasteiger partial charge on any atom is 0.267 e. The number of halogens is 1. The van der Waals surface area contributed by atoms with Crippen LogP contribution in [0.5, 0.6) is 0 Å². The largest absolute Gasteiger partial charge is 0.409 e. The standard InChI is InChI=1S/C11H9ClN4O2S/c12-7-3-6(10(13)16-18)1-2-8(7)15-11(17)9-4-14-5-19-9/h1-5,18H,(H2,13,16)(H,15,17). The minimum atomic E-state index is -0.291. The minimum absolute atomic E-state index is 0.0535. The molecule has 0 fully saturated rings. The van der Waals surface area contributed by atoms with Crippen LogP contribution in [-0.4, -0.2) is 21.9 Å². The third-order valence-corrected chi connectivity index (χ3v) is 3.36. The monoisotopic (exact) mass is 296 g/mol. The van der Waals surface area contributed by atoms with E-state index in [-0.39, 0.29) is 11.7 Å². The quantitative estimate of drug-likeness (QED) is 0.349. The van der Waals surface area contributed by atoms with Crippen LogP contribution in [0.2, 0.25) is 5.02 Å². The number of amides is 1. The highest BCUT2D eigenvalue weighted by atomic mass is 35.5. The van der Waals surface area contributed by atoms with E-state index in [2.05, 4.69) is 15.5 Å². The van der Waals surface area contributed by atoms with Crippen LogP contribution in [0.3, 0.4) is 0 Å². The zero-order valence-corrected chi connectivity index (χ0v) is 11.1. The van der Waals surface area contributed by atoms with E-state index in [9.17, 15) is 4.79 Å². The van der Waals surface area contributed by atoms with Gasteiger partial charge in [-0.1, -0.05) is 16.8 Å². The number of hydrogen-bond donors (Lipinski definition) is 3. The van der Waals surface area contributed by atoms with Crippen molar-refractivity contribution in [3.63, 3.8) is 0 Å². The van der Waals surface area contributed by atoms with Crippen LogP contribution in [0.1, 0.15) is 15.2 Å². The van der Waals surface area contributed by atoms with E-state index in [4.69, 9.17) is 22.5 Å². The van der Waals surface area contributed by atoms with Gasteiger partial charge in [0, 0.05) is 5.56 Å². The van der Waals surface area contributed by atoms with Gasteiger partial charge in [0.25, 0.3) is 5.91 Å². The van der Waals surface area contributed by atoms with E-state index in [1.54, 1.807) is 17.6 Å². The molecule has 1 aromatic carbocycles. The van der Waals surface area contributed by atoms with Crippen LogP contribution in [0.15, 0.2) is 35.1 Å². The first-order chi connectivity index (χ1) is 9.11. The van der Waals surface area contributed by atoms with Gasteiger partial charge in [0.1, 0.15) is 4.88 Å². The molecule has 0 aliphatic heterocycles. The Hall–Kier alpha value is -2.12. The Balaban J connectivity index is 2.20. The molecule has 2 rings (SSSR count). The fourth-order valence-corrected chi connectivity index (χ4v) is 2.09. The van der Waals surface area contributed by atoms with E-state index < -0.39 is 0 Å². The van der Waals surface area contributed by atoms with Crippen molar-refractivity contribution < 1.29 is 10.0 Å². The summed E-state index contributed by atoms with van der Waals surface area (Å²) in [5.41, 5.74) is 7.91. The summed E-state index contributed by atoms with van der Waals surface area (Å²) in [5, 5.41) is 14.4. The number of rotatable bonds is 3. The Labute approximate surface area is 117 Å². The molecule has 0 saturated carbocycles. The number of nitrogens with zero attached hydrogens (tertiary/aromatic N) is 2. The molecule has 1 amide bonds. The summed E-state index contributed by atoms with van der Waals surface area (Å²) in [4.78, 5) is 16.1. The van der Waals surface area contributed by atoms with E-state index >= 15 is 0 Å². The van der Waals surface area contributed by atoms with Crippen molar-refractivity contribution in [1.82, 2.24) is 4.98 Å². The summed E-state index contributed by atoms with van der Waals surface area (Å²) < 4.78 is 0. The molecule has 19 heavy (non-hydrogen) atoms. The first-order valence-electron chi connectivity index (χ1n) is 5.09. The predicted molar refractivity (Wildman–Crippen MR) is 74.0 cm³/mol. The topological polar surface area (TPSA) is 101 Å². The molecule has 0 aliphatic rings. The third-order valence-electron chi connectivity index (χ3n) is 2.28. The van der Waals surface area contributed by atoms with Gasteiger partial charge in [-0.3, -0.25) is 9.78 Å². The van der Waals surface area contributed by atoms with E-state index in [0.29, 0.717) is 21.2 Å². The van der Waals surface area contributed by atoms with E-state index in [1.165, 1.54) is 23.6 Å². The van der Waals surface area contributed by atoms with E-state index in [1.807, 2.05) is 0 Å². The highest BCUT2D eigenvalue weighted by Gasteiger charge is 2.11. The lowest BCUT2D eigenvalue weighted by atomic mass is 10.2. The number of amidine groups is 1. The molecule has 0 unspecified atom stereocenters. The predicted octanol–water partition coefficient (Wildman–Crippen LogP) is 2.14. The van der Waals surface area contributed by atoms with Gasteiger partial charge in [0.15, 0.2) is 5.84 Å². The number of benzene rings is 1. The number of oxime groups is 1. The lowest BCUT2D eigenvalue weighted by Crippen LogP contribution is -2.14. The number of anilines is 1. The summed E-state index contributed by atoms with van der Waals surface area (Å²) in [7, 11) is 0. The third kappa shape index (κ3) is 3.01. The van der Waals surface area contributed by atoms with Gasteiger partial charge in [-0.2, -0.15) is 0 Å². The Morgan fingerprint density at radius 1 is 1.53 bits per heavy atom. The van der Waals surface area contributed by atoms with Crippen LogP contribution in [-0.2, 0) is 0 Å². The van der Waals surface area contributed by atoms with Crippen molar-refractivity contribution in [3.05, 3.63) is 45.4 Å². The Bertz CT molecular complexity index is 628. The van der Waals surface area contributed by atoms with Gasteiger partial charge >= 0.3 is 0 Å². The summed E-state index contributed by atoms with van der Waals surface area (Å²) in [6.07, 6.45) is 1.47. The van der Waals surface area contributed by atoms with Crippen LogP contribution in [0.4, 0.5) is 5.69 Å². The smallest absolute Gasteiger partial charge is 0.267 e. The zero-order chi connectivity index (χ0) is 13.8. The van der Waals surface area contributed by atoms with Crippen molar-refractivity contribution in [2.75, 3.05) is 5.32 Å². The molecule has 0 spiro atoms. The first kappa shape index (κ1) is 13.3. The molecule has 8 heteroatoms. The molecule has 6 nitrogen and oxygen atoms in total. The van der Waals surface area contributed by atoms with Gasteiger partial charge in [-0.05, 0) is 18.2 Å². The molecule has 98 valence electrons. The number of aromatic nitrogens is 1. The molecule has 1 heterocycles. The normalized spacial score (nSPS) is 11.3. The zero-order valence-electron chi connectivity index (χ0n) is 9.50. The van der Waals surface area contributed by atoms with Crippen molar-refractivity contribution in [1.29, 1.82) is 0 Å². The van der Waals surface area contributed by atoms with Crippen LogP contribution >= 0.6 is 22.9 Å². The summed E-state index contributed by atoms with van der Waals surface area (Å²) in [6.45, 7) is 0. The molecule has 2 aromatic rings. The fraction of sp³-hybridized carbons (Fsp3) is 0. The molecule has 1 aromatic heterocycles. The Kier molecular flexibility index (Phi) is 3.98. The molecule has 0 saturated heterocycles. The van der Waals surface area contributed by atoms with Gasteiger partial charge in [0.2, 0.25) is 0 Å². The lowest BCUT2D eigenvalue weighted by Gasteiger charge is -2.07. The molecular weight excluding hydrogens is 288 g/mol. The van der Waals surface area contributed by atoms with Crippen LogP contribution in [0, 0.1) is 0 Å². The second-order valence-corrected chi connectivity index (χ2v) is 4.79. The van der Waals surface area contributed by atoms with Crippen molar-refractivity contribution in [2.45, 2.75) is 0 Å². The number of carbonyl (C=O) groups excluding carboxylic acids is 1. The SMILES string of the molecule is N/C(=N/O)c1ccc(NC(=O)c2cncs2)c(Cl)c1. The van der Waals surface area contributed by atoms with E-state index in [0.717, 1.165) is 0 Å². The second-order valence-electron chi connectivity index (χ2n) is 3.50. The molecule has 0 bridgehead atoms. The van der Waals surface area contributed by atoms with Crippen molar-refractivity contribution in [3.8, 4) is 0 Å². The lowest BCUT2D eigenvalue weighted by molar-refractivity contribution is 0.103. The average Bonchev–Trinajstić information content (AvgIpc) is 2.94. The van der Waals surface area contributed by atoms with Gasteiger partial charge in [-0.25, -0.2) is 0 Å². The molecule has 0 aliphatic carbocycles. The Morgan fingerprint density at radius 3 is 2.89 bits per heavy atom. The number of hydrogen-bond acceptors (Lipinski definition) is 5. The van der Waals surface area contributed by atoms with Gasteiger partial charge in [-0.15, -0.1) is 11.3 Å². The van der Waals surface area contributed by atoms with Crippen LogP contribution in [0.25, 0.3) is 0 Å². The van der Waals surface area contributed by atoms with Crippen molar-refractivity contribution >= 4 is 40.4 Å². The fourth-order valence-electron chi connectivity index (χ4n) is 1.35. The Morgan fingerprint density at radius 2 is 2.32 bits per heavy atom. The number of nitrogens with two attached hydrogens (primary N) is 1. The summed E-state index contributed by atoms with van der Waals surface area (Å²) >= 11 is 7.25. The highest BCUT2D eigenvalue weighted by molar-refractivity contribution is 7.11. The number of carbonyl (C=O) groups is 1. The van der Waals surface area contributed by atoms with Crippen molar-refractivity contribution in [2.24, 2.45) is 10.9 Å². The number of thiazole rings is 1. The maximum absolute atomic E-state index is 11.8. The summed E-state index contributed by atoms with van der Waals surface area (Å²) in [6, 6.07) is 4.66. The second kappa shape index (κ2) is 5.68. The highest BCUT2D eigenvalue weighted by Crippen LogP contribution is 2.24. The molecule has 0 atom stereocenters. The van der Waals surface area contributed by atoms with Gasteiger partial charge in [0.05, 0.1) is 22.4 Å². The minimum Gasteiger partial charge on any atom is -0.409 e. The average molecular weight is 297 g/mol. The molecule has 4 N–H and O–H groups in total. The number of nitrogens with one attached hydrogen (secondary N) is 1.